The van der Waals surface area contributed by atoms with Gasteiger partial charge in [0.2, 0.25) is 0 Å². The molecule has 3 aromatic heterocycles. The van der Waals surface area contributed by atoms with Crippen molar-refractivity contribution in [3.63, 3.8) is 0 Å². The Bertz CT molecular complexity index is 1230. The second-order valence-electron chi connectivity index (χ2n) is 10.3. The van der Waals surface area contributed by atoms with E-state index in [0.717, 1.165) is 42.1 Å². The van der Waals surface area contributed by atoms with Gasteiger partial charge in [0.1, 0.15) is 17.2 Å². The lowest BCUT2D eigenvalue weighted by Crippen LogP contribution is -2.28. The van der Waals surface area contributed by atoms with Crippen LogP contribution in [0.2, 0.25) is 0 Å². The number of aryl methyl sites for hydroxylation is 2. The normalized spacial score (nSPS) is 21.7. The lowest BCUT2D eigenvalue weighted by atomic mass is 9.79. The van der Waals surface area contributed by atoms with Gasteiger partial charge in [0.05, 0.1) is 12.2 Å². The molecule has 0 unspecified atom stereocenters. The first-order valence-electron chi connectivity index (χ1n) is 13.0. The average Bonchev–Trinajstić information content (AvgIpc) is 3.51. The van der Waals surface area contributed by atoms with Crippen LogP contribution in [-0.2, 0) is 26.2 Å². The summed E-state index contributed by atoms with van der Waals surface area (Å²) >= 11 is 0. The molecule has 0 bridgehead atoms. The Morgan fingerprint density at radius 2 is 1.72 bits per heavy atom. The fourth-order valence-electron chi connectivity index (χ4n) is 5.89. The van der Waals surface area contributed by atoms with Crippen LogP contribution in [0.15, 0.2) is 35.5 Å². The van der Waals surface area contributed by atoms with E-state index in [1.165, 1.54) is 49.9 Å². The molecule has 0 aromatic carbocycles. The van der Waals surface area contributed by atoms with Gasteiger partial charge in [-0.1, -0.05) is 19.3 Å². The van der Waals surface area contributed by atoms with E-state index in [1.807, 2.05) is 11.6 Å². The molecule has 0 saturated heterocycles. The summed E-state index contributed by atoms with van der Waals surface area (Å²) in [7, 11) is 1.90. The number of hydrogen-bond acceptors (Lipinski definition) is 4. The van der Waals surface area contributed by atoms with Gasteiger partial charge in [0, 0.05) is 38.3 Å². The van der Waals surface area contributed by atoms with Gasteiger partial charge in [0.25, 0.3) is 5.56 Å². The minimum atomic E-state index is -4.66. The van der Waals surface area contributed by atoms with Crippen LogP contribution in [0.5, 0.6) is 0 Å². The summed E-state index contributed by atoms with van der Waals surface area (Å²) in [5.74, 6) is 2.40. The van der Waals surface area contributed by atoms with E-state index in [2.05, 4.69) is 32.4 Å². The monoisotopic (exact) mass is 502 g/mol. The van der Waals surface area contributed by atoms with Gasteiger partial charge < -0.3 is 9.13 Å². The SMILES string of the molecule is Cn1c(CCn2cccc(C(F)(F)F)c2=O)nnc1[C@H]1CC[C@H](c2cnn(C3CCCCC3)c2)CC1. The average molecular weight is 503 g/mol. The Kier molecular flexibility index (Phi) is 7.03. The molecule has 36 heavy (non-hydrogen) atoms. The van der Waals surface area contributed by atoms with Crippen molar-refractivity contribution in [3.05, 3.63) is 63.9 Å². The second kappa shape index (κ2) is 10.2. The fraction of sp³-hybridized carbons (Fsp3) is 0.615. The van der Waals surface area contributed by atoms with Crippen molar-refractivity contribution < 1.29 is 13.2 Å². The summed E-state index contributed by atoms with van der Waals surface area (Å²) in [5.41, 5.74) is -0.841. The van der Waals surface area contributed by atoms with Crippen molar-refractivity contribution in [1.29, 1.82) is 0 Å². The maximum absolute atomic E-state index is 13.0. The molecule has 0 aliphatic heterocycles. The van der Waals surface area contributed by atoms with Crippen LogP contribution in [0, 0.1) is 0 Å². The second-order valence-corrected chi connectivity index (χ2v) is 10.3. The van der Waals surface area contributed by atoms with E-state index < -0.39 is 17.3 Å². The predicted octanol–water partition coefficient (Wildman–Crippen LogP) is 5.38. The largest absolute Gasteiger partial charge is 0.421 e. The summed E-state index contributed by atoms with van der Waals surface area (Å²) in [6.45, 7) is 0.118. The first kappa shape index (κ1) is 24.8. The molecule has 0 amide bonds. The number of aromatic nitrogens is 6. The molecular formula is C26H33F3N6O. The molecule has 0 N–H and O–H groups in total. The smallest absolute Gasteiger partial charge is 0.318 e. The summed E-state index contributed by atoms with van der Waals surface area (Å²) in [6, 6.07) is 2.62. The number of rotatable bonds is 6. The van der Waals surface area contributed by atoms with Crippen LogP contribution < -0.4 is 5.56 Å². The summed E-state index contributed by atoms with van der Waals surface area (Å²) in [4.78, 5) is 12.2. The van der Waals surface area contributed by atoms with Gasteiger partial charge in [-0.05, 0) is 62.1 Å². The summed E-state index contributed by atoms with van der Waals surface area (Å²) < 4.78 is 44.4. The molecule has 0 atom stereocenters. The lowest BCUT2D eigenvalue weighted by molar-refractivity contribution is -0.139. The molecule has 2 aliphatic rings. The van der Waals surface area contributed by atoms with E-state index >= 15 is 0 Å². The van der Waals surface area contributed by atoms with Crippen LogP contribution in [0.4, 0.5) is 13.2 Å². The quantitative estimate of drug-likeness (QED) is 0.454. The summed E-state index contributed by atoms with van der Waals surface area (Å²) in [6.07, 6.45) is 11.9. The van der Waals surface area contributed by atoms with Crippen LogP contribution in [0.1, 0.15) is 98.4 Å². The Morgan fingerprint density at radius 3 is 2.44 bits per heavy atom. The highest BCUT2D eigenvalue weighted by Crippen LogP contribution is 2.40. The highest BCUT2D eigenvalue weighted by molar-refractivity contribution is 5.16. The van der Waals surface area contributed by atoms with E-state index in [9.17, 15) is 18.0 Å². The number of alkyl halides is 3. The minimum absolute atomic E-state index is 0.118. The number of nitrogens with zero attached hydrogens (tertiary/aromatic N) is 6. The zero-order chi connectivity index (χ0) is 25.3. The van der Waals surface area contributed by atoms with Crippen LogP contribution in [-0.4, -0.2) is 29.1 Å². The number of halogens is 3. The van der Waals surface area contributed by atoms with Gasteiger partial charge in [-0.2, -0.15) is 18.3 Å². The van der Waals surface area contributed by atoms with Crippen molar-refractivity contribution in [2.24, 2.45) is 7.05 Å². The Hall–Kier alpha value is -2.91. The van der Waals surface area contributed by atoms with Gasteiger partial charge in [-0.3, -0.25) is 9.48 Å². The van der Waals surface area contributed by atoms with Crippen molar-refractivity contribution in [1.82, 2.24) is 29.1 Å². The topological polar surface area (TPSA) is 70.5 Å². The first-order chi connectivity index (χ1) is 17.3. The van der Waals surface area contributed by atoms with Crippen LogP contribution in [0.25, 0.3) is 0 Å². The zero-order valence-electron chi connectivity index (χ0n) is 20.6. The molecule has 2 fully saturated rings. The third-order valence-electron chi connectivity index (χ3n) is 8.03. The van der Waals surface area contributed by atoms with Gasteiger partial charge >= 0.3 is 6.18 Å². The predicted molar refractivity (Wildman–Crippen MR) is 129 cm³/mol. The molecular weight excluding hydrogens is 469 g/mol. The third kappa shape index (κ3) is 5.13. The standard InChI is InChI=1S/C26H33F3N6O/c1-33-23(13-15-34-14-5-8-22(25(34)36)26(27,28)29)31-32-24(33)19-11-9-18(10-12-19)20-16-30-35(17-20)21-6-3-2-4-7-21/h5,8,14,16-19,21H,2-4,6-7,9-13,15H2,1H3/t18-,19-. The lowest BCUT2D eigenvalue weighted by Gasteiger charge is -2.27. The molecule has 7 nitrogen and oxygen atoms in total. The molecule has 0 spiro atoms. The summed E-state index contributed by atoms with van der Waals surface area (Å²) in [5, 5.41) is 13.4. The molecule has 3 heterocycles. The van der Waals surface area contributed by atoms with Gasteiger partial charge in [-0.25, -0.2) is 0 Å². The molecule has 5 rings (SSSR count). The van der Waals surface area contributed by atoms with E-state index in [1.54, 1.807) is 0 Å². The van der Waals surface area contributed by atoms with Crippen molar-refractivity contribution >= 4 is 0 Å². The van der Waals surface area contributed by atoms with Gasteiger partial charge in [0.15, 0.2) is 0 Å². The molecule has 194 valence electrons. The van der Waals surface area contributed by atoms with E-state index in [-0.39, 0.29) is 6.54 Å². The molecule has 10 heteroatoms. The third-order valence-corrected chi connectivity index (χ3v) is 8.03. The van der Waals surface area contributed by atoms with Crippen LogP contribution >= 0.6 is 0 Å². The molecule has 0 radical (unpaired) electrons. The van der Waals surface area contributed by atoms with Crippen molar-refractivity contribution in [2.45, 2.75) is 94.8 Å². The number of pyridine rings is 1. The van der Waals surface area contributed by atoms with Gasteiger partial charge in [-0.15, -0.1) is 10.2 Å². The molecule has 2 aliphatic carbocycles. The minimum Gasteiger partial charge on any atom is -0.318 e. The maximum Gasteiger partial charge on any atom is 0.421 e. The Balaban J connectivity index is 1.19. The molecule has 3 aromatic rings. The fourth-order valence-corrected chi connectivity index (χ4v) is 5.89. The van der Waals surface area contributed by atoms with Crippen LogP contribution in [0.3, 0.4) is 0 Å². The highest BCUT2D eigenvalue weighted by Gasteiger charge is 2.34. The van der Waals surface area contributed by atoms with Crippen molar-refractivity contribution in [3.8, 4) is 0 Å². The maximum atomic E-state index is 13.0. The zero-order valence-corrected chi connectivity index (χ0v) is 20.6. The first-order valence-corrected chi connectivity index (χ1v) is 13.0. The van der Waals surface area contributed by atoms with E-state index in [0.29, 0.717) is 30.1 Å². The molecule has 2 saturated carbocycles. The highest BCUT2D eigenvalue weighted by atomic mass is 19.4. The number of hydrogen-bond donors (Lipinski definition) is 0. The van der Waals surface area contributed by atoms with Crippen molar-refractivity contribution in [2.75, 3.05) is 0 Å². The Labute approximate surface area is 208 Å². The Morgan fingerprint density at radius 1 is 1.00 bits per heavy atom. The van der Waals surface area contributed by atoms with E-state index in [4.69, 9.17) is 0 Å².